The van der Waals surface area contributed by atoms with Crippen LogP contribution in [0.2, 0.25) is 5.02 Å². The van der Waals surface area contributed by atoms with Crippen LogP contribution >= 0.6 is 11.6 Å². The molecule has 0 spiro atoms. The number of nitrogens with one attached hydrogen (secondary N) is 1. The van der Waals surface area contributed by atoms with Crippen molar-refractivity contribution in [1.82, 2.24) is 10.2 Å². The molecule has 0 aliphatic heterocycles. The van der Waals surface area contributed by atoms with Gasteiger partial charge in [-0.25, -0.2) is 8.42 Å². The van der Waals surface area contributed by atoms with Crippen LogP contribution < -0.4 is 14.4 Å². The summed E-state index contributed by atoms with van der Waals surface area (Å²) in [4.78, 5) is 28.8. The second-order valence-corrected chi connectivity index (χ2v) is 11.7. The molecule has 10 heteroatoms. The normalized spacial score (nSPS) is 11.9. The van der Waals surface area contributed by atoms with Crippen molar-refractivity contribution >= 4 is 39.1 Å². The van der Waals surface area contributed by atoms with E-state index < -0.39 is 28.5 Å². The first-order valence-corrected chi connectivity index (χ1v) is 15.7. The van der Waals surface area contributed by atoms with Crippen molar-refractivity contribution in [2.45, 2.75) is 57.5 Å². The van der Waals surface area contributed by atoms with Crippen molar-refractivity contribution in [2.75, 3.05) is 24.0 Å². The summed E-state index contributed by atoms with van der Waals surface area (Å²) in [6.45, 7) is 6.06. The van der Waals surface area contributed by atoms with Gasteiger partial charge < -0.3 is 15.0 Å². The molecule has 0 bridgehead atoms. The lowest BCUT2D eigenvalue weighted by Gasteiger charge is -2.33. The number of ether oxygens (including phenoxy) is 1. The fourth-order valence-electron chi connectivity index (χ4n) is 4.39. The number of benzene rings is 3. The standard InChI is InChI=1S/C31H38ClN3O5S/c1-4-7-21-33-31(37)27(5-2)34(22-24-13-9-8-10-14-24)30(36)23-35(28-15-11-12-16-29(28)40-6-3)41(38,39)26-19-17-25(32)18-20-26/h8-20,27H,4-7,21-23H2,1-3H3,(H,33,37)/t27-/m0/s1. The van der Waals surface area contributed by atoms with E-state index in [2.05, 4.69) is 5.32 Å². The quantitative estimate of drug-likeness (QED) is 0.228. The minimum absolute atomic E-state index is 0.0278. The number of amides is 2. The highest BCUT2D eigenvalue weighted by Gasteiger charge is 2.34. The highest BCUT2D eigenvalue weighted by Crippen LogP contribution is 2.33. The molecule has 0 heterocycles. The predicted octanol–water partition coefficient (Wildman–Crippen LogP) is 5.66. The third kappa shape index (κ3) is 8.47. The molecule has 3 aromatic rings. The molecule has 0 radical (unpaired) electrons. The van der Waals surface area contributed by atoms with Gasteiger partial charge in [0.1, 0.15) is 18.3 Å². The number of unbranched alkanes of at least 4 members (excludes halogenated alkanes) is 1. The summed E-state index contributed by atoms with van der Waals surface area (Å²) in [6.07, 6.45) is 2.09. The fraction of sp³-hybridized carbons (Fsp3) is 0.355. The molecule has 41 heavy (non-hydrogen) atoms. The number of hydrogen-bond acceptors (Lipinski definition) is 5. The van der Waals surface area contributed by atoms with E-state index >= 15 is 0 Å². The number of anilines is 1. The fourth-order valence-corrected chi connectivity index (χ4v) is 5.94. The largest absolute Gasteiger partial charge is 0.492 e. The zero-order valence-electron chi connectivity index (χ0n) is 23.8. The van der Waals surface area contributed by atoms with Gasteiger partial charge in [0.2, 0.25) is 11.8 Å². The number of hydrogen-bond donors (Lipinski definition) is 1. The average Bonchev–Trinajstić information content (AvgIpc) is 2.97. The average molecular weight is 600 g/mol. The van der Waals surface area contributed by atoms with Gasteiger partial charge >= 0.3 is 0 Å². The van der Waals surface area contributed by atoms with Crippen molar-refractivity contribution in [2.24, 2.45) is 0 Å². The van der Waals surface area contributed by atoms with Gasteiger partial charge in [-0.05, 0) is 61.7 Å². The first kappa shape index (κ1) is 32.0. The van der Waals surface area contributed by atoms with E-state index in [1.807, 2.05) is 44.2 Å². The van der Waals surface area contributed by atoms with E-state index in [1.165, 1.54) is 29.2 Å². The Labute approximate surface area is 248 Å². The van der Waals surface area contributed by atoms with Crippen LogP contribution in [0.25, 0.3) is 0 Å². The maximum atomic E-state index is 14.1. The summed E-state index contributed by atoms with van der Waals surface area (Å²) in [5, 5.41) is 3.32. The molecular formula is C31H38ClN3O5S. The van der Waals surface area contributed by atoms with E-state index in [4.69, 9.17) is 16.3 Å². The van der Waals surface area contributed by atoms with Crippen molar-refractivity contribution in [3.05, 3.63) is 89.4 Å². The third-order valence-electron chi connectivity index (χ3n) is 6.53. The minimum Gasteiger partial charge on any atom is -0.492 e. The molecule has 0 aromatic heterocycles. The minimum atomic E-state index is -4.24. The van der Waals surface area contributed by atoms with Crippen LogP contribution in [0.3, 0.4) is 0 Å². The van der Waals surface area contributed by atoms with E-state index in [0.717, 1.165) is 22.7 Å². The van der Waals surface area contributed by atoms with E-state index in [9.17, 15) is 18.0 Å². The van der Waals surface area contributed by atoms with Gasteiger partial charge in [0, 0.05) is 18.1 Å². The molecule has 0 unspecified atom stereocenters. The molecule has 8 nitrogen and oxygen atoms in total. The highest BCUT2D eigenvalue weighted by molar-refractivity contribution is 7.92. The molecule has 2 amide bonds. The van der Waals surface area contributed by atoms with Crippen LogP contribution in [-0.4, -0.2) is 50.9 Å². The van der Waals surface area contributed by atoms with Crippen LogP contribution in [0.15, 0.2) is 83.8 Å². The van der Waals surface area contributed by atoms with Crippen molar-refractivity contribution in [3.8, 4) is 5.75 Å². The van der Waals surface area contributed by atoms with Gasteiger partial charge in [0.05, 0.1) is 17.2 Å². The van der Waals surface area contributed by atoms with Crippen LogP contribution in [0.1, 0.15) is 45.6 Å². The lowest BCUT2D eigenvalue weighted by Crippen LogP contribution is -2.52. The Morgan fingerprint density at radius 1 is 0.927 bits per heavy atom. The Morgan fingerprint density at radius 3 is 2.22 bits per heavy atom. The number of carbonyl (C=O) groups excluding carboxylic acids is 2. The second-order valence-electron chi connectivity index (χ2n) is 9.44. The number of carbonyl (C=O) groups is 2. The zero-order valence-corrected chi connectivity index (χ0v) is 25.3. The Kier molecular flexibility index (Phi) is 12.0. The number of halogens is 1. The number of rotatable bonds is 15. The molecule has 0 saturated carbocycles. The summed E-state index contributed by atoms with van der Waals surface area (Å²) in [5.41, 5.74) is 1.04. The van der Waals surface area contributed by atoms with Gasteiger partial charge in [-0.1, -0.05) is 74.3 Å². The zero-order chi connectivity index (χ0) is 29.8. The van der Waals surface area contributed by atoms with E-state index in [0.29, 0.717) is 30.3 Å². The summed E-state index contributed by atoms with van der Waals surface area (Å²) in [5.74, 6) is -0.471. The lowest BCUT2D eigenvalue weighted by atomic mass is 10.1. The summed E-state index contributed by atoms with van der Waals surface area (Å²) >= 11 is 6.03. The van der Waals surface area contributed by atoms with Gasteiger partial charge in [-0.2, -0.15) is 0 Å². The highest BCUT2D eigenvalue weighted by atomic mass is 35.5. The smallest absolute Gasteiger partial charge is 0.264 e. The number of sulfonamides is 1. The first-order chi connectivity index (χ1) is 19.7. The first-order valence-electron chi connectivity index (χ1n) is 13.8. The van der Waals surface area contributed by atoms with Gasteiger partial charge in [-0.3, -0.25) is 13.9 Å². The maximum absolute atomic E-state index is 14.1. The van der Waals surface area contributed by atoms with Gasteiger partial charge in [0.25, 0.3) is 10.0 Å². The molecule has 0 aliphatic carbocycles. The van der Waals surface area contributed by atoms with Crippen molar-refractivity contribution < 1.29 is 22.7 Å². The molecule has 0 fully saturated rings. The maximum Gasteiger partial charge on any atom is 0.264 e. The number of para-hydroxylation sites is 2. The van der Waals surface area contributed by atoms with Crippen molar-refractivity contribution in [1.29, 1.82) is 0 Å². The van der Waals surface area contributed by atoms with Crippen LogP contribution in [0.5, 0.6) is 5.75 Å². The molecule has 0 saturated heterocycles. The molecular weight excluding hydrogens is 562 g/mol. The second kappa shape index (κ2) is 15.4. The lowest BCUT2D eigenvalue weighted by molar-refractivity contribution is -0.140. The van der Waals surface area contributed by atoms with Crippen LogP contribution in [0, 0.1) is 0 Å². The Hall–Kier alpha value is -3.56. The Morgan fingerprint density at radius 2 is 1.59 bits per heavy atom. The predicted molar refractivity (Wildman–Crippen MR) is 163 cm³/mol. The van der Waals surface area contributed by atoms with Crippen LogP contribution in [0.4, 0.5) is 5.69 Å². The van der Waals surface area contributed by atoms with E-state index in [1.54, 1.807) is 31.2 Å². The molecule has 1 N–H and O–H groups in total. The summed E-state index contributed by atoms with van der Waals surface area (Å²) in [7, 11) is -4.24. The molecule has 1 atom stereocenters. The molecule has 3 rings (SSSR count). The SMILES string of the molecule is CCCCNC(=O)[C@H](CC)N(Cc1ccccc1)C(=O)CN(c1ccccc1OCC)S(=O)(=O)c1ccc(Cl)cc1. The molecule has 220 valence electrons. The topological polar surface area (TPSA) is 96.0 Å². The summed E-state index contributed by atoms with van der Waals surface area (Å²) in [6, 6.07) is 21.0. The van der Waals surface area contributed by atoms with Gasteiger partial charge in [0.15, 0.2) is 0 Å². The van der Waals surface area contributed by atoms with Gasteiger partial charge in [-0.15, -0.1) is 0 Å². The third-order valence-corrected chi connectivity index (χ3v) is 8.55. The summed E-state index contributed by atoms with van der Waals surface area (Å²) < 4.78 is 34.9. The Bertz CT molecular complexity index is 1380. The van der Waals surface area contributed by atoms with Crippen molar-refractivity contribution in [3.63, 3.8) is 0 Å². The van der Waals surface area contributed by atoms with E-state index in [-0.39, 0.29) is 23.0 Å². The molecule has 3 aromatic carbocycles. The van der Waals surface area contributed by atoms with Crippen LogP contribution in [-0.2, 0) is 26.2 Å². The Balaban J connectivity index is 2.07. The monoisotopic (exact) mass is 599 g/mol. The number of nitrogens with zero attached hydrogens (tertiary/aromatic N) is 2. The molecule has 0 aliphatic rings.